The Balaban J connectivity index is 3.61. The first-order valence-corrected chi connectivity index (χ1v) is 14.3. The Labute approximate surface area is 239 Å². The SMILES string of the molecule is CC(C)(C)[Si](C)(C)OC(=O)/C=C/c1ccc(OC(=O)C(F)(F)C(F)(F)C(F)(F)F)c(OC(=O)C(F)(F)C(F)(F)C(F)(F)F)c1. The minimum absolute atomic E-state index is 0.0984. The molecule has 0 bridgehead atoms. The number of esters is 2. The summed E-state index contributed by atoms with van der Waals surface area (Å²) in [6.07, 6.45) is -12.8. The van der Waals surface area contributed by atoms with Gasteiger partial charge < -0.3 is 13.9 Å². The lowest BCUT2D eigenvalue weighted by Gasteiger charge is -2.34. The number of benzene rings is 1. The third-order valence-corrected chi connectivity index (χ3v) is 10.3. The lowest BCUT2D eigenvalue weighted by Crippen LogP contribution is -2.57. The number of halogens is 14. The number of rotatable bonds is 9. The zero-order valence-electron chi connectivity index (χ0n) is 22.6. The quantitative estimate of drug-likeness (QED) is 0.0871. The van der Waals surface area contributed by atoms with Crippen molar-refractivity contribution in [2.45, 2.75) is 74.9 Å². The van der Waals surface area contributed by atoms with Crippen molar-refractivity contribution in [3.8, 4) is 11.5 Å². The minimum Gasteiger partial charge on any atom is -0.516 e. The van der Waals surface area contributed by atoms with E-state index in [0.717, 1.165) is 0 Å². The predicted octanol–water partition coefficient (Wildman–Crippen LogP) is 7.72. The molecule has 0 atom stereocenters. The van der Waals surface area contributed by atoms with E-state index in [1.807, 2.05) is 0 Å². The summed E-state index contributed by atoms with van der Waals surface area (Å²) in [5.41, 5.74) is -0.571. The van der Waals surface area contributed by atoms with Gasteiger partial charge in [-0.1, -0.05) is 26.8 Å². The van der Waals surface area contributed by atoms with E-state index >= 15 is 0 Å². The largest absolute Gasteiger partial charge is 0.516 e. The van der Waals surface area contributed by atoms with Crippen molar-refractivity contribution in [3.05, 3.63) is 29.8 Å². The molecule has 0 heterocycles. The summed E-state index contributed by atoms with van der Waals surface area (Å²) in [6, 6.07) is 0.762. The molecular formula is C23H20F14O6Si. The average Bonchev–Trinajstić information content (AvgIpc) is 2.81. The molecule has 0 fully saturated rings. The van der Waals surface area contributed by atoms with Crippen molar-refractivity contribution in [1.29, 1.82) is 0 Å². The Hall–Kier alpha value is -3.39. The van der Waals surface area contributed by atoms with E-state index in [-0.39, 0.29) is 12.1 Å². The van der Waals surface area contributed by atoms with Crippen LogP contribution in [0.4, 0.5) is 61.5 Å². The molecule has 0 spiro atoms. The molecule has 1 aromatic carbocycles. The number of hydrogen-bond acceptors (Lipinski definition) is 6. The van der Waals surface area contributed by atoms with E-state index in [9.17, 15) is 75.8 Å². The van der Waals surface area contributed by atoms with Gasteiger partial charge in [0.25, 0.3) is 8.32 Å². The topological polar surface area (TPSA) is 78.9 Å². The maximum atomic E-state index is 13.8. The van der Waals surface area contributed by atoms with Gasteiger partial charge in [-0.05, 0) is 41.9 Å². The molecule has 0 aromatic heterocycles. The van der Waals surface area contributed by atoms with Crippen LogP contribution in [0.5, 0.6) is 11.5 Å². The number of alkyl halides is 14. The van der Waals surface area contributed by atoms with Crippen LogP contribution < -0.4 is 9.47 Å². The van der Waals surface area contributed by atoms with Crippen LogP contribution in [0.2, 0.25) is 18.1 Å². The smallest absolute Gasteiger partial charge is 0.460 e. The van der Waals surface area contributed by atoms with Crippen LogP contribution in [0.25, 0.3) is 6.08 Å². The van der Waals surface area contributed by atoms with E-state index in [4.69, 9.17) is 4.43 Å². The Morgan fingerprint density at radius 2 is 1.05 bits per heavy atom. The normalized spacial score (nSPS) is 14.4. The third-order valence-electron chi connectivity index (χ3n) is 5.96. The zero-order chi connectivity index (χ0) is 35.1. The average molecular weight is 686 g/mol. The highest BCUT2D eigenvalue weighted by atomic mass is 28.4. The Morgan fingerprint density at radius 1 is 0.659 bits per heavy atom. The Kier molecular flexibility index (Phi) is 10.4. The van der Waals surface area contributed by atoms with Crippen molar-refractivity contribution >= 4 is 32.3 Å². The summed E-state index contributed by atoms with van der Waals surface area (Å²) in [7, 11) is -2.75. The number of carbonyl (C=O) groups excluding carboxylic acids is 3. The van der Waals surface area contributed by atoms with Crippen molar-refractivity contribution in [1.82, 2.24) is 0 Å². The van der Waals surface area contributed by atoms with E-state index < -0.39 is 84.4 Å². The van der Waals surface area contributed by atoms with Crippen molar-refractivity contribution in [2.24, 2.45) is 0 Å². The number of carbonyl (C=O) groups is 3. The maximum absolute atomic E-state index is 13.8. The van der Waals surface area contributed by atoms with Gasteiger partial charge >= 0.3 is 54.0 Å². The highest BCUT2D eigenvalue weighted by Crippen LogP contribution is 2.49. The Morgan fingerprint density at radius 3 is 1.41 bits per heavy atom. The molecule has 0 aliphatic heterocycles. The second-order valence-corrected chi connectivity index (χ2v) is 15.0. The van der Waals surface area contributed by atoms with Gasteiger partial charge in [0.15, 0.2) is 11.5 Å². The maximum Gasteiger partial charge on any atom is 0.460 e. The lowest BCUT2D eigenvalue weighted by molar-refractivity contribution is -0.347. The molecule has 0 amide bonds. The molecule has 44 heavy (non-hydrogen) atoms. The van der Waals surface area contributed by atoms with Gasteiger partial charge in [0.05, 0.1) is 0 Å². The first kappa shape index (κ1) is 38.6. The summed E-state index contributed by atoms with van der Waals surface area (Å²) in [5.74, 6) is -40.1. The monoisotopic (exact) mass is 686 g/mol. The van der Waals surface area contributed by atoms with Crippen LogP contribution in [0, 0.1) is 0 Å². The van der Waals surface area contributed by atoms with Crippen molar-refractivity contribution < 1.29 is 89.7 Å². The molecule has 250 valence electrons. The highest BCUT2D eigenvalue weighted by Gasteiger charge is 2.78. The first-order valence-electron chi connectivity index (χ1n) is 11.4. The Bertz CT molecular complexity index is 1290. The standard InChI is InChI=1S/C23H20F14O6Si/c1-17(2,3)44(4,5)43-14(38)9-7-11-6-8-12(41-15(39)18(24,25)20(28,29)22(32,33)34)13(10-11)42-16(40)19(26,27)21(30,31)23(35,36)37/h6-10H,1-5H3/b9-7+. The van der Waals surface area contributed by atoms with Crippen molar-refractivity contribution in [3.63, 3.8) is 0 Å². The minimum atomic E-state index is -7.12. The number of hydrogen-bond donors (Lipinski definition) is 0. The summed E-state index contributed by atoms with van der Waals surface area (Å²) in [6.45, 7) is 8.41. The van der Waals surface area contributed by atoms with E-state index in [1.165, 1.54) is 0 Å². The molecule has 0 N–H and O–H groups in total. The van der Waals surface area contributed by atoms with Gasteiger partial charge in [0, 0.05) is 6.08 Å². The molecule has 0 unspecified atom stereocenters. The third kappa shape index (κ3) is 7.63. The molecule has 0 saturated heterocycles. The van der Waals surface area contributed by atoms with Gasteiger partial charge in [-0.2, -0.15) is 61.5 Å². The number of ether oxygens (including phenoxy) is 2. The predicted molar refractivity (Wildman–Crippen MR) is 122 cm³/mol. The summed E-state index contributed by atoms with van der Waals surface area (Å²) in [5, 5.41) is -0.516. The molecule has 0 aliphatic rings. The molecule has 1 aromatic rings. The van der Waals surface area contributed by atoms with Crippen LogP contribution >= 0.6 is 0 Å². The first-order chi connectivity index (χ1) is 19.2. The van der Waals surface area contributed by atoms with Gasteiger partial charge in [0.1, 0.15) is 0 Å². The van der Waals surface area contributed by atoms with Crippen LogP contribution in [-0.4, -0.2) is 62.3 Å². The molecule has 0 radical (unpaired) electrons. The fraction of sp³-hybridized carbons (Fsp3) is 0.522. The molecule has 0 saturated carbocycles. The second-order valence-electron chi connectivity index (χ2n) is 10.3. The highest BCUT2D eigenvalue weighted by molar-refractivity contribution is 6.75. The summed E-state index contributed by atoms with van der Waals surface area (Å²) >= 11 is 0. The fourth-order valence-corrected chi connectivity index (χ4v) is 3.21. The van der Waals surface area contributed by atoms with Crippen LogP contribution in [-0.2, 0) is 18.8 Å². The van der Waals surface area contributed by atoms with Crippen LogP contribution in [0.3, 0.4) is 0 Å². The lowest BCUT2D eigenvalue weighted by atomic mass is 10.1. The van der Waals surface area contributed by atoms with Gasteiger partial charge in [-0.15, -0.1) is 0 Å². The van der Waals surface area contributed by atoms with E-state index in [0.29, 0.717) is 18.2 Å². The molecule has 0 aliphatic carbocycles. The van der Waals surface area contributed by atoms with Gasteiger partial charge in [-0.3, -0.25) is 0 Å². The fourth-order valence-electron chi connectivity index (χ4n) is 2.34. The molecular weight excluding hydrogens is 666 g/mol. The molecule has 1 rings (SSSR count). The second kappa shape index (κ2) is 11.8. The van der Waals surface area contributed by atoms with Crippen molar-refractivity contribution in [2.75, 3.05) is 0 Å². The molecule has 21 heteroatoms. The zero-order valence-corrected chi connectivity index (χ0v) is 23.6. The molecule has 6 nitrogen and oxygen atoms in total. The van der Waals surface area contributed by atoms with Gasteiger partial charge in [0.2, 0.25) is 0 Å². The van der Waals surface area contributed by atoms with Gasteiger partial charge in [-0.25, -0.2) is 14.4 Å². The summed E-state index contributed by atoms with van der Waals surface area (Å²) in [4.78, 5) is 35.5. The van der Waals surface area contributed by atoms with E-state index in [1.54, 1.807) is 33.9 Å². The van der Waals surface area contributed by atoms with Crippen LogP contribution in [0.1, 0.15) is 26.3 Å². The van der Waals surface area contributed by atoms with E-state index in [2.05, 4.69) is 9.47 Å². The summed E-state index contributed by atoms with van der Waals surface area (Å²) < 4.78 is 195. The van der Waals surface area contributed by atoms with Crippen LogP contribution in [0.15, 0.2) is 24.3 Å².